The van der Waals surface area contributed by atoms with Crippen LogP contribution in [-0.2, 0) is 20.8 Å². The van der Waals surface area contributed by atoms with Gasteiger partial charge < -0.3 is 20.9 Å². The van der Waals surface area contributed by atoms with E-state index in [2.05, 4.69) is 10.2 Å². The third-order valence-corrected chi connectivity index (χ3v) is 9.05. The van der Waals surface area contributed by atoms with Crippen molar-refractivity contribution in [1.82, 2.24) is 15.1 Å². The zero-order chi connectivity index (χ0) is 30.3. The Morgan fingerprint density at radius 1 is 1.05 bits per heavy atom. The van der Waals surface area contributed by atoms with Gasteiger partial charge in [0.15, 0.2) is 0 Å². The average molecular weight is 621 g/mol. The van der Waals surface area contributed by atoms with Gasteiger partial charge in [-0.3, -0.25) is 19.3 Å². The summed E-state index contributed by atoms with van der Waals surface area (Å²) in [5, 5.41) is 3.78. The standard InChI is InChI=1S/C31H40Cl2FN5O3/c1-22(40)39(28-8-4-3-7-26(28)34)21-31(12-5-2-6-13-31)38-17-15-37(16-18-38)30(42)27(36-29(41)11-14-35)19-23-9-10-24(32)20-25(23)33/h3-4,7-10,20,27H,2,5-6,11-19,21,35H2,1H3,(H,36,41). The maximum Gasteiger partial charge on any atom is 0.245 e. The second-order valence-corrected chi connectivity index (χ2v) is 12.1. The number of rotatable bonds is 10. The van der Waals surface area contributed by atoms with Gasteiger partial charge in [-0.2, -0.15) is 0 Å². The number of nitrogens with zero attached hydrogens (tertiary/aromatic N) is 3. The van der Waals surface area contributed by atoms with Crippen molar-refractivity contribution >= 4 is 46.6 Å². The van der Waals surface area contributed by atoms with Crippen LogP contribution in [0.15, 0.2) is 42.5 Å². The Hall–Kier alpha value is -2.72. The van der Waals surface area contributed by atoms with E-state index >= 15 is 0 Å². The third kappa shape index (κ3) is 7.81. The van der Waals surface area contributed by atoms with Gasteiger partial charge in [-0.25, -0.2) is 4.39 Å². The number of nitrogens with two attached hydrogens (primary N) is 1. The number of para-hydroxylation sites is 1. The van der Waals surface area contributed by atoms with E-state index in [1.165, 1.54) is 13.0 Å². The number of halogens is 3. The Morgan fingerprint density at radius 2 is 1.74 bits per heavy atom. The van der Waals surface area contributed by atoms with E-state index in [0.29, 0.717) is 54.0 Å². The molecule has 228 valence electrons. The van der Waals surface area contributed by atoms with Crippen LogP contribution in [-0.4, -0.2) is 78.4 Å². The molecule has 2 aliphatic rings. The number of nitrogens with one attached hydrogen (secondary N) is 1. The van der Waals surface area contributed by atoms with E-state index in [1.54, 1.807) is 46.2 Å². The Labute approximate surface area is 257 Å². The normalized spacial score (nSPS) is 17.9. The predicted octanol–water partition coefficient (Wildman–Crippen LogP) is 4.41. The lowest BCUT2D eigenvalue weighted by atomic mass is 9.79. The number of anilines is 1. The molecule has 0 bridgehead atoms. The minimum atomic E-state index is -0.799. The molecule has 1 saturated carbocycles. The lowest BCUT2D eigenvalue weighted by Gasteiger charge is -2.51. The fourth-order valence-corrected chi connectivity index (χ4v) is 6.73. The van der Waals surface area contributed by atoms with E-state index in [-0.39, 0.29) is 42.6 Å². The van der Waals surface area contributed by atoms with Crippen LogP contribution >= 0.6 is 23.2 Å². The number of amides is 3. The van der Waals surface area contributed by atoms with E-state index in [0.717, 1.165) is 32.1 Å². The van der Waals surface area contributed by atoms with Gasteiger partial charge in [0, 0.05) is 74.6 Å². The Bertz CT molecular complexity index is 1260. The molecular formula is C31H40Cl2FN5O3. The molecule has 1 heterocycles. The van der Waals surface area contributed by atoms with Crippen molar-refractivity contribution < 1.29 is 18.8 Å². The van der Waals surface area contributed by atoms with Crippen molar-refractivity contribution in [1.29, 1.82) is 0 Å². The number of hydrogen-bond donors (Lipinski definition) is 2. The zero-order valence-electron chi connectivity index (χ0n) is 24.1. The highest BCUT2D eigenvalue weighted by molar-refractivity contribution is 6.35. The predicted molar refractivity (Wildman–Crippen MR) is 164 cm³/mol. The minimum absolute atomic E-state index is 0.114. The molecule has 1 aliphatic heterocycles. The lowest BCUT2D eigenvalue weighted by Crippen LogP contribution is -2.64. The molecule has 8 nitrogen and oxygen atoms in total. The monoisotopic (exact) mass is 619 g/mol. The van der Waals surface area contributed by atoms with Crippen LogP contribution < -0.4 is 16.0 Å². The van der Waals surface area contributed by atoms with E-state index in [9.17, 15) is 18.8 Å². The number of piperazine rings is 1. The SMILES string of the molecule is CC(=O)N(CC1(N2CCN(C(=O)C(Cc3ccc(Cl)cc3Cl)NC(=O)CCN)CC2)CCCCC1)c1ccccc1F. The van der Waals surface area contributed by atoms with E-state index in [1.807, 2.05) is 0 Å². The molecule has 1 unspecified atom stereocenters. The summed E-state index contributed by atoms with van der Waals surface area (Å²) >= 11 is 12.5. The lowest BCUT2D eigenvalue weighted by molar-refractivity contribution is -0.139. The molecule has 2 fully saturated rings. The van der Waals surface area contributed by atoms with Crippen molar-refractivity contribution in [3.8, 4) is 0 Å². The topological polar surface area (TPSA) is 99.0 Å². The summed E-state index contributed by atoms with van der Waals surface area (Å²) in [5.41, 5.74) is 6.26. The molecule has 2 aromatic rings. The first-order chi connectivity index (χ1) is 20.1. The highest BCUT2D eigenvalue weighted by Crippen LogP contribution is 2.37. The molecule has 1 aliphatic carbocycles. The maximum absolute atomic E-state index is 14.8. The molecule has 1 atom stereocenters. The molecule has 0 radical (unpaired) electrons. The maximum atomic E-state index is 14.8. The zero-order valence-corrected chi connectivity index (χ0v) is 25.6. The highest BCUT2D eigenvalue weighted by Gasteiger charge is 2.42. The van der Waals surface area contributed by atoms with Crippen LogP contribution in [0.4, 0.5) is 10.1 Å². The molecule has 3 amide bonds. The van der Waals surface area contributed by atoms with Gasteiger partial charge in [-0.05, 0) is 42.7 Å². The van der Waals surface area contributed by atoms with Crippen LogP contribution in [0.5, 0.6) is 0 Å². The molecular weight excluding hydrogens is 580 g/mol. The quantitative estimate of drug-likeness (QED) is 0.410. The van der Waals surface area contributed by atoms with E-state index < -0.39 is 11.9 Å². The van der Waals surface area contributed by atoms with Gasteiger partial charge in [0.05, 0.1) is 5.69 Å². The van der Waals surface area contributed by atoms with Crippen molar-refractivity contribution in [2.45, 2.75) is 63.5 Å². The first-order valence-electron chi connectivity index (χ1n) is 14.6. The second-order valence-electron chi connectivity index (χ2n) is 11.3. The van der Waals surface area contributed by atoms with Gasteiger partial charge >= 0.3 is 0 Å². The summed E-state index contributed by atoms with van der Waals surface area (Å²) in [6.07, 6.45) is 5.31. The average Bonchev–Trinajstić information content (AvgIpc) is 2.97. The van der Waals surface area contributed by atoms with Crippen LogP contribution in [0.25, 0.3) is 0 Å². The van der Waals surface area contributed by atoms with Crippen LogP contribution in [0.3, 0.4) is 0 Å². The Balaban J connectivity index is 1.50. The summed E-state index contributed by atoms with van der Waals surface area (Å²) in [4.78, 5) is 44.8. The van der Waals surface area contributed by atoms with Gasteiger partial charge in [0.25, 0.3) is 0 Å². The van der Waals surface area contributed by atoms with Gasteiger partial charge in [0.1, 0.15) is 11.9 Å². The van der Waals surface area contributed by atoms with Crippen LogP contribution in [0.2, 0.25) is 10.0 Å². The van der Waals surface area contributed by atoms with Gasteiger partial charge in [-0.15, -0.1) is 0 Å². The molecule has 3 N–H and O–H groups in total. The summed E-state index contributed by atoms with van der Waals surface area (Å²) < 4.78 is 14.8. The summed E-state index contributed by atoms with van der Waals surface area (Å²) in [5.74, 6) is -1.09. The number of carbonyl (C=O) groups excluding carboxylic acids is 3. The smallest absolute Gasteiger partial charge is 0.245 e. The van der Waals surface area contributed by atoms with Crippen molar-refractivity contribution in [3.63, 3.8) is 0 Å². The molecule has 4 rings (SSSR count). The number of hydrogen-bond acceptors (Lipinski definition) is 5. The number of benzene rings is 2. The van der Waals surface area contributed by atoms with Crippen LogP contribution in [0.1, 0.15) is 51.0 Å². The Kier molecular flexibility index (Phi) is 11.2. The summed E-state index contributed by atoms with van der Waals surface area (Å²) in [6, 6.07) is 10.7. The molecule has 2 aromatic carbocycles. The molecule has 1 saturated heterocycles. The van der Waals surface area contributed by atoms with Crippen LogP contribution in [0, 0.1) is 5.82 Å². The van der Waals surface area contributed by atoms with Crippen molar-refractivity contribution in [2.24, 2.45) is 5.73 Å². The second kappa shape index (κ2) is 14.6. The van der Waals surface area contributed by atoms with Crippen molar-refractivity contribution in [3.05, 3.63) is 63.9 Å². The first kappa shape index (κ1) is 32.2. The molecule has 42 heavy (non-hydrogen) atoms. The molecule has 0 aromatic heterocycles. The first-order valence-corrected chi connectivity index (χ1v) is 15.4. The van der Waals surface area contributed by atoms with E-state index in [4.69, 9.17) is 28.9 Å². The molecule has 0 spiro atoms. The largest absolute Gasteiger partial charge is 0.344 e. The van der Waals surface area contributed by atoms with Gasteiger partial charge in [0.2, 0.25) is 17.7 Å². The fraction of sp³-hybridized carbons (Fsp3) is 0.516. The van der Waals surface area contributed by atoms with Crippen molar-refractivity contribution in [2.75, 3.05) is 44.2 Å². The number of carbonyl (C=O) groups is 3. The highest BCUT2D eigenvalue weighted by atomic mass is 35.5. The van der Waals surface area contributed by atoms with Gasteiger partial charge in [-0.1, -0.05) is 60.7 Å². The summed E-state index contributed by atoms with van der Waals surface area (Å²) in [7, 11) is 0. The molecule has 11 heteroatoms. The summed E-state index contributed by atoms with van der Waals surface area (Å²) in [6.45, 7) is 4.21. The third-order valence-electron chi connectivity index (χ3n) is 8.47. The minimum Gasteiger partial charge on any atom is -0.344 e. The fourth-order valence-electron chi connectivity index (χ4n) is 6.24. The Morgan fingerprint density at radius 3 is 2.36 bits per heavy atom.